The van der Waals surface area contributed by atoms with Gasteiger partial charge in [0.2, 0.25) is 0 Å². The molecule has 0 aromatic heterocycles. The Morgan fingerprint density at radius 3 is 1.41 bits per heavy atom. The fourth-order valence-corrected chi connectivity index (χ4v) is 3.84. The van der Waals surface area contributed by atoms with E-state index in [1.165, 1.54) is 0 Å². The maximum atomic E-state index is 10.2. The fourth-order valence-electron chi connectivity index (χ4n) is 3.84. The van der Waals surface area contributed by atoms with Crippen molar-refractivity contribution in [2.45, 2.75) is 30.2 Å². The molecule has 0 amide bonds. The smallest absolute Gasteiger partial charge is 0.184 e. The molecule has 1 unspecified atom stereocenters. The quantitative estimate of drug-likeness (QED) is 0.562. The van der Waals surface area contributed by atoms with Gasteiger partial charge in [-0.1, -0.05) is 91.0 Å². The molecular weight excluding hydrogens is 368 g/mol. The number of hydrogen-bond acceptors (Lipinski definition) is 5. The zero-order valence-corrected chi connectivity index (χ0v) is 15.8. The van der Waals surface area contributed by atoms with Crippen molar-refractivity contribution in [2.75, 3.05) is 6.61 Å². The molecule has 3 aromatic rings. The van der Waals surface area contributed by atoms with Crippen LogP contribution in [0.25, 0.3) is 0 Å². The first-order valence-corrected chi connectivity index (χ1v) is 9.63. The topological polar surface area (TPSA) is 79.2 Å². The van der Waals surface area contributed by atoms with Crippen molar-refractivity contribution in [2.24, 2.45) is 0 Å². The van der Waals surface area contributed by atoms with E-state index in [9.17, 15) is 15.3 Å². The van der Waals surface area contributed by atoms with E-state index in [1.807, 2.05) is 91.0 Å². The van der Waals surface area contributed by atoms with Gasteiger partial charge in [-0.15, -0.1) is 0 Å². The molecule has 0 saturated carbocycles. The van der Waals surface area contributed by atoms with Gasteiger partial charge in [-0.3, -0.25) is 0 Å². The number of hydrogen-bond donors (Lipinski definition) is 3. The molecule has 5 heteroatoms. The number of benzene rings is 3. The second-order valence-electron chi connectivity index (χ2n) is 7.14. The highest BCUT2D eigenvalue weighted by Gasteiger charge is 2.44. The Morgan fingerprint density at radius 1 is 0.655 bits per heavy atom. The van der Waals surface area contributed by atoms with Crippen LogP contribution in [-0.4, -0.2) is 46.5 Å². The van der Waals surface area contributed by atoms with Crippen molar-refractivity contribution >= 4 is 0 Å². The molecule has 1 fully saturated rings. The predicted molar refractivity (Wildman–Crippen MR) is 108 cm³/mol. The molecule has 1 saturated heterocycles. The minimum atomic E-state index is -1.43. The third-order valence-corrected chi connectivity index (χ3v) is 5.34. The SMILES string of the molecule is OC1O[C@H](COC(c2ccccc2)(c2ccccc2)c2ccccc2)[C@@H](O)[C@@H]1O. The van der Waals surface area contributed by atoms with Crippen LogP contribution in [0.2, 0.25) is 0 Å². The standard InChI is InChI=1S/C24H24O5/c25-21-20(29-23(27)22(21)26)16-28-24(17-10-4-1-5-11-17,18-12-6-2-7-13-18)19-14-8-3-9-15-19/h1-15,20-23,25-27H,16H2/t20-,21-,22+,23?/m1/s1. The molecule has 4 atom stereocenters. The largest absolute Gasteiger partial charge is 0.387 e. The van der Waals surface area contributed by atoms with E-state index in [0.717, 1.165) is 16.7 Å². The molecule has 5 nitrogen and oxygen atoms in total. The Morgan fingerprint density at radius 2 is 1.07 bits per heavy atom. The van der Waals surface area contributed by atoms with E-state index < -0.39 is 30.2 Å². The Hall–Kier alpha value is -2.54. The predicted octanol–water partition coefficient (Wildman–Crippen LogP) is 2.43. The van der Waals surface area contributed by atoms with E-state index in [0.29, 0.717) is 0 Å². The maximum absolute atomic E-state index is 10.2. The highest BCUT2D eigenvalue weighted by Crippen LogP contribution is 2.41. The summed E-state index contributed by atoms with van der Waals surface area (Å²) in [5.41, 5.74) is 1.81. The second-order valence-corrected chi connectivity index (χ2v) is 7.14. The van der Waals surface area contributed by atoms with Crippen molar-refractivity contribution in [1.82, 2.24) is 0 Å². The minimum Gasteiger partial charge on any atom is -0.387 e. The molecule has 1 heterocycles. The average molecular weight is 392 g/mol. The molecule has 1 aliphatic heterocycles. The molecule has 150 valence electrons. The van der Waals surface area contributed by atoms with Gasteiger partial charge in [-0.05, 0) is 16.7 Å². The van der Waals surface area contributed by atoms with Crippen LogP contribution in [0.15, 0.2) is 91.0 Å². The first kappa shape index (κ1) is 19.8. The van der Waals surface area contributed by atoms with E-state index in [-0.39, 0.29) is 6.61 Å². The Bertz CT molecular complexity index is 804. The summed E-state index contributed by atoms with van der Waals surface area (Å²) in [6.07, 6.45) is -4.87. The van der Waals surface area contributed by atoms with Crippen LogP contribution in [0.3, 0.4) is 0 Å². The number of aliphatic hydroxyl groups excluding tert-OH is 3. The zero-order chi connectivity index (χ0) is 20.3. The van der Waals surface area contributed by atoms with Crippen LogP contribution in [0, 0.1) is 0 Å². The minimum absolute atomic E-state index is 0.0199. The Labute approximate surface area is 169 Å². The molecule has 0 bridgehead atoms. The van der Waals surface area contributed by atoms with Crippen molar-refractivity contribution < 1.29 is 24.8 Å². The van der Waals surface area contributed by atoms with Gasteiger partial charge in [-0.2, -0.15) is 0 Å². The van der Waals surface area contributed by atoms with Crippen LogP contribution in [0.5, 0.6) is 0 Å². The van der Waals surface area contributed by atoms with Crippen LogP contribution in [-0.2, 0) is 15.1 Å². The van der Waals surface area contributed by atoms with Gasteiger partial charge >= 0.3 is 0 Å². The van der Waals surface area contributed by atoms with Crippen molar-refractivity contribution in [3.05, 3.63) is 108 Å². The highest BCUT2D eigenvalue weighted by atomic mass is 16.7. The van der Waals surface area contributed by atoms with Crippen molar-refractivity contribution in [3.8, 4) is 0 Å². The summed E-state index contributed by atoms with van der Waals surface area (Å²) in [5, 5.41) is 29.8. The fraction of sp³-hybridized carbons (Fsp3) is 0.250. The number of ether oxygens (including phenoxy) is 2. The first-order valence-electron chi connectivity index (χ1n) is 9.63. The van der Waals surface area contributed by atoms with Crippen LogP contribution in [0.4, 0.5) is 0 Å². The van der Waals surface area contributed by atoms with Crippen molar-refractivity contribution in [1.29, 1.82) is 0 Å². The summed E-state index contributed by atoms with van der Waals surface area (Å²) in [5.74, 6) is 0. The summed E-state index contributed by atoms with van der Waals surface area (Å²) >= 11 is 0. The third-order valence-electron chi connectivity index (χ3n) is 5.34. The Kier molecular flexibility index (Phi) is 5.76. The molecule has 3 N–H and O–H groups in total. The summed E-state index contributed by atoms with van der Waals surface area (Å²) in [6, 6.07) is 29.5. The first-order chi connectivity index (χ1) is 14.1. The number of aliphatic hydroxyl groups is 3. The van der Waals surface area contributed by atoms with Gasteiger partial charge in [0.15, 0.2) is 6.29 Å². The summed E-state index contributed by atoms with van der Waals surface area (Å²) in [4.78, 5) is 0. The van der Waals surface area contributed by atoms with Gasteiger partial charge in [0.1, 0.15) is 23.9 Å². The highest BCUT2D eigenvalue weighted by molar-refractivity contribution is 5.47. The molecule has 0 aliphatic carbocycles. The van der Waals surface area contributed by atoms with Crippen LogP contribution >= 0.6 is 0 Å². The monoisotopic (exact) mass is 392 g/mol. The molecule has 3 aromatic carbocycles. The molecule has 29 heavy (non-hydrogen) atoms. The third kappa shape index (κ3) is 3.71. The second kappa shape index (κ2) is 8.45. The van der Waals surface area contributed by atoms with Gasteiger partial charge in [0, 0.05) is 0 Å². The normalized spacial score (nSPS) is 24.5. The van der Waals surface area contributed by atoms with Gasteiger partial charge in [0.25, 0.3) is 0 Å². The van der Waals surface area contributed by atoms with Crippen LogP contribution < -0.4 is 0 Å². The summed E-state index contributed by atoms with van der Waals surface area (Å²) in [6.45, 7) is -0.0199. The van der Waals surface area contributed by atoms with Gasteiger partial charge in [-0.25, -0.2) is 0 Å². The maximum Gasteiger partial charge on any atom is 0.184 e. The summed E-state index contributed by atoms with van der Waals surface area (Å²) in [7, 11) is 0. The van der Waals surface area contributed by atoms with E-state index in [1.54, 1.807) is 0 Å². The van der Waals surface area contributed by atoms with Gasteiger partial charge in [0.05, 0.1) is 6.61 Å². The number of rotatable bonds is 6. The lowest BCUT2D eigenvalue weighted by Gasteiger charge is -2.37. The molecule has 4 rings (SSSR count). The van der Waals surface area contributed by atoms with Crippen molar-refractivity contribution in [3.63, 3.8) is 0 Å². The molecular formula is C24H24O5. The average Bonchev–Trinajstić information content (AvgIpc) is 3.03. The lowest BCUT2D eigenvalue weighted by Crippen LogP contribution is -2.39. The lowest BCUT2D eigenvalue weighted by atomic mass is 9.80. The van der Waals surface area contributed by atoms with Gasteiger partial charge < -0.3 is 24.8 Å². The van der Waals surface area contributed by atoms with Crippen LogP contribution in [0.1, 0.15) is 16.7 Å². The van der Waals surface area contributed by atoms with E-state index >= 15 is 0 Å². The molecule has 0 spiro atoms. The lowest BCUT2D eigenvalue weighted by molar-refractivity contribution is -0.145. The van der Waals surface area contributed by atoms with E-state index in [4.69, 9.17) is 9.47 Å². The molecule has 1 aliphatic rings. The Balaban J connectivity index is 1.80. The summed E-state index contributed by atoms with van der Waals surface area (Å²) < 4.78 is 11.9. The van der Waals surface area contributed by atoms with E-state index in [2.05, 4.69) is 0 Å². The molecule has 0 radical (unpaired) electrons. The zero-order valence-electron chi connectivity index (χ0n) is 15.8.